The maximum atomic E-state index is 5.46. The largest absolute Gasteiger partial charge is 0.496 e. The highest BCUT2D eigenvalue weighted by Gasteiger charge is 2.24. The summed E-state index contributed by atoms with van der Waals surface area (Å²) < 4.78 is 5.46. The van der Waals surface area contributed by atoms with Crippen LogP contribution in [0.15, 0.2) is 30.3 Å². The van der Waals surface area contributed by atoms with E-state index in [-0.39, 0.29) is 0 Å². The molecule has 1 aromatic heterocycles. The quantitative estimate of drug-likeness (QED) is 0.738. The number of hydrogen-bond donors (Lipinski definition) is 2. The van der Waals surface area contributed by atoms with Gasteiger partial charge in [0.05, 0.1) is 13.2 Å². The zero-order valence-electron chi connectivity index (χ0n) is 15.5. The van der Waals surface area contributed by atoms with Crippen molar-refractivity contribution in [2.75, 3.05) is 13.7 Å². The molecule has 2 N–H and O–H groups in total. The number of benzene rings is 2. The number of aryl methyl sites for hydroxylation is 1. The summed E-state index contributed by atoms with van der Waals surface area (Å²) >= 11 is 0. The highest BCUT2D eigenvalue weighted by Crippen LogP contribution is 2.34. The summed E-state index contributed by atoms with van der Waals surface area (Å²) in [5.74, 6) is 0.972. The van der Waals surface area contributed by atoms with E-state index in [1.807, 2.05) is 0 Å². The lowest BCUT2D eigenvalue weighted by atomic mass is 9.91. The van der Waals surface area contributed by atoms with Gasteiger partial charge in [0.25, 0.3) is 0 Å². The van der Waals surface area contributed by atoms with Crippen LogP contribution in [0, 0.1) is 20.8 Å². The van der Waals surface area contributed by atoms with Crippen molar-refractivity contribution in [3.8, 4) is 5.75 Å². The first-order valence-corrected chi connectivity index (χ1v) is 9.06. The van der Waals surface area contributed by atoms with E-state index in [2.05, 4.69) is 61.4 Å². The van der Waals surface area contributed by atoms with Gasteiger partial charge < -0.3 is 15.0 Å². The molecule has 25 heavy (non-hydrogen) atoms. The van der Waals surface area contributed by atoms with Crippen molar-refractivity contribution < 1.29 is 4.74 Å². The molecule has 1 aliphatic heterocycles. The summed E-state index contributed by atoms with van der Waals surface area (Å²) in [6.45, 7) is 7.54. The van der Waals surface area contributed by atoms with E-state index in [4.69, 9.17) is 4.74 Å². The lowest BCUT2D eigenvalue weighted by molar-refractivity contribution is 0.410. The van der Waals surface area contributed by atoms with Crippen LogP contribution in [0.1, 0.15) is 39.6 Å². The Hall–Kier alpha value is -2.26. The predicted molar refractivity (Wildman–Crippen MR) is 104 cm³/mol. The normalized spacial score (nSPS) is 16.9. The van der Waals surface area contributed by atoms with Crippen molar-refractivity contribution in [3.05, 3.63) is 63.8 Å². The molecule has 130 valence electrons. The summed E-state index contributed by atoms with van der Waals surface area (Å²) in [6, 6.07) is 11.4. The zero-order chi connectivity index (χ0) is 17.6. The molecular weight excluding hydrogens is 308 g/mol. The standard InChI is InChI=1S/C22H26N2O/c1-13-5-7-19-18(11-13)17-9-10-23-20(22(17)24-19)12-16-6-8-21(25-4)15(3)14(16)2/h5-8,11,20,23-24H,9-10,12H2,1-4H3. The molecule has 2 heterocycles. The van der Waals surface area contributed by atoms with E-state index in [1.165, 1.54) is 44.4 Å². The Bertz CT molecular complexity index is 939. The highest BCUT2D eigenvalue weighted by atomic mass is 16.5. The third-order valence-corrected chi connectivity index (χ3v) is 5.70. The van der Waals surface area contributed by atoms with Crippen LogP contribution in [-0.4, -0.2) is 18.6 Å². The number of hydrogen-bond acceptors (Lipinski definition) is 2. The van der Waals surface area contributed by atoms with Gasteiger partial charge >= 0.3 is 0 Å². The smallest absolute Gasteiger partial charge is 0.122 e. The number of aromatic amines is 1. The number of methoxy groups -OCH3 is 1. The van der Waals surface area contributed by atoms with E-state index in [9.17, 15) is 0 Å². The average molecular weight is 334 g/mol. The maximum absolute atomic E-state index is 5.46. The second-order valence-corrected chi connectivity index (χ2v) is 7.20. The number of rotatable bonds is 3. The molecule has 1 atom stereocenters. The predicted octanol–water partition coefficient (Wildman–Crippen LogP) is 4.53. The third-order valence-electron chi connectivity index (χ3n) is 5.70. The minimum atomic E-state index is 0.336. The summed E-state index contributed by atoms with van der Waals surface area (Å²) in [7, 11) is 1.74. The Morgan fingerprint density at radius 2 is 1.92 bits per heavy atom. The van der Waals surface area contributed by atoms with Gasteiger partial charge in [-0.25, -0.2) is 0 Å². The van der Waals surface area contributed by atoms with E-state index in [0.717, 1.165) is 25.1 Å². The lowest BCUT2D eigenvalue weighted by Crippen LogP contribution is -2.31. The topological polar surface area (TPSA) is 37.0 Å². The molecule has 3 heteroatoms. The summed E-state index contributed by atoms with van der Waals surface area (Å²) in [6.07, 6.45) is 2.09. The number of aromatic nitrogens is 1. The molecule has 4 rings (SSSR count). The number of fused-ring (bicyclic) bond motifs is 3. The van der Waals surface area contributed by atoms with Crippen LogP contribution in [0.5, 0.6) is 5.75 Å². The van der Waals surface area contributed by atoms with E-state index >= 15 is 0 Å². The molecule has 1 unspecified atom stereocenters. The summed E-state index contributed by atoms with van der Waals surface area (Å²) in [5, 5.41) is 5.10. The van der Waals surface area contributed by atoms with Gasteiger partial charge in [-0.1, -0.05) is 17.7 Å². The van der Waals surface area contributed by atoms with Crippen molar-refractivity contribution >= 4 is 10.9 Å². The molecule has 0 spiro atoms. The Balaban J connectivity index is 1.72. The van der Waals surface area contributed by atoms with Crippen LogP contribution in [0.2, 0.25) is 0 Å². The lowest BCUT2D eigenvalue weighted by Gasteiger charge is -2.25. The van der Waals surface area contributed by atoms with Gasteiger partial charge in [0.15, 0.2) is 0 Å². The molecule has 0 bridgehead atoms. The highest BCUT2D eigenvalue weighted by molar-refractivity contribution is 5.85. The maximum Gasteiger partial charge on any atom is 0.122 e. The van der Waals surface area contributed by atoms with Crippen LogP contribution in [0.25, 0.3) is 10.9 Å². The third kappa shape index (κ3) is 2.73. The molecule has 0 amide bonds. The molecule has 3 nitrogen and oxygen atoms in total. The molecule has 0 saturated carbocycles. The van der Waals surface area contributed by atoms with Crippen LogP contribution >= 0.6 is 0 Å². The fraction of sp³-hybridized carbons (Fsp3) is 0.364. The van der Waals surface area contributed by atoms with Crippen molar-refractivity contribution in [2.45, 2.75) is 39.7 Å². The van der Waals surface area contributed by atoms with Crippen LogP contribution in [0.4, 0.5) is 0 Å². The first-order valence-electron chi connectivity index (χ1n) is 9.06. The van der Waals surface area contributed by atoms with Crippen molar-refractivity contribution in [1.29, 1.82) is 0 Å². The van der Waals surface area contributed by atoms with Crippen LogP contribution < -0.4 is 10.1 Å². The zero-order valence-corrected chi connectivity index (χ0v) is 15.5. The minimum absolute atomic E-state index is 0.336. The molecule has 3 aromatic rings. The van der Waals surface area contributed by atoms with E-state index in [1.54, 1.807) is 7.11 Å². The van der Waals surface area contributed by atoms with Gasteiger partial charge in [-0.3, -0.25) is 0 Å². The molecule has 0 radical (unpaired) electrons. The van der Waals surface area contributed by atoms with Crippen molar-refractivity contribution in [1.82, 2.24) is 10.3 Å². The van der Waals surface area contributed by atoms with Gasteiger partial charge in [0.2, 0.25) is 0 Å². The molecular formula is C22H26N2O. The van der Waals surface area contributed by atoms with Crippen molar-refractivity contribution in [3.63, 3.8) is 0 Å². The monoisotopic (exact) mass is 334 g/mol. The van der Waals surface area contributed by atoms with Gasteiger partial charge in [0.1, 0.15) is 5.75 Å². The average Bonchev–Trinajstić information content (AvgIpc) is 2.98. The first-order chi connectivity index (χ1) is 12.1. The second kappa shape index (κ2) is 6.23. The van der Waals surface area contributed by atoms with Gasteiger partial charge in [-0.15, -0.1) is 0 Å². The second-order valence-electron chi connectivity index (χ2n) is 7.20. The number of H-pyrrole nitrogens is 1. The fourth-order valence-electron chi connectivity index (χ4n) is 4.11. The molecule has 0 fully saturated rings. The van der Waals surface area contributed by atoms with Crippen LogP contribution in [0.3, 0.4) is 0 Å². The number of nitrogens with one attached hydrogen (secondary N) is 2. The SMILES string of the molecule is COc1ccc(CC2NCCc3c2[nH]c2ccc(C)cc32)c(C)c1C. The number of ether oxygens (including phenoxy) is 1. The molecule has 0 saturated heterocycles. The molecule has 1 aliphatic rings. The Kier molecular flexibility index (Phi) is 4.04. The fourth-order valence-corrected chi connectivity index (χ4v) is 4.11. The van der Waals surface area contributed by atoms with Crippen molar-refractivity contribution in [2.24, 2.45) is 0 Å². The van der Waals surface area contributed by atoms with Gasteiger partial charge in [0, 0.05) is 16.6 Å². The minimum Gasteiger partial charge on any atom is -0.496 e. The van der Waals surface area contributed by atoms with Gasteiger partial charge in [-0.05, 0) is 80.6 Å². The van der Waals surface area contributed by atoms with E-state index in [0.29, 0.717) is 6.04 Å². The summed E-state index contributed by atoms with van der Waals surface area (Å²) in [5.41, 5.74) is 9.39. The Morgan fingerprint density at radius 1 is 1.08 bits per heavy atom. The molecule has 2 aromatic carbocycles. The summed E-state index contributed by atoms with van der Waals surface area (Å²) in [4.78, 5) is 3.68. The molecule has 0 aliphatic carbocycles. The van der Waals surface area contributed by atoms with E-state index < -0.39 is 0 Å². The Morgan fingerprint density at radius 3 is 2.72 bits per heavy atom. The van der Waals surface area contributed by atoms with Gasteiger partial charge in [-0.2, -0.15) is 0 Å². The first kappa shape index (κ1) is 16.2. The van der Waals surface area contributed by atoms with Crippen LogP contribution in [-0.2, 0) is 12.8 Å². The Labute approximate surface area is 149 Å².